The highest BCUT2D eigenvalue weighted by Gasteiger charge is 2.31. The first kappa shape index (κ1) is 18.5. The molecule has 1 aliphatic heterocycles. The van der Waals surface area contributed by atoms with E-state index in [2.05, 4.69) is 9.97 Å². The number of hydrogen-bond acceptors (Lipinski definition) is 6. The largest absolute Gasteiger partial charge is 0.481 e. The second-order valence-electron chi connectivity index (χ2n) is 5.82. The Labute approximate surface area is 160 Å². The third-order valence-electron chi connectivity index (χ3n) is 3.89. The quantitative estimate of drug-likeness (QED) is 0.442. The highest BCUT2D eigenvalue weighted by molar-refractivity contribution is 8.26. The molecule has 1 N–H and O–H groups in total. The molecule has 1 amide bonds. The van der Waals surface area contributed by atoms with Gasteiger partial charge in [0.2, 0.25) is 0 Å². The molecule has 8 heteroatoms. The number of aliphatic carboxylic acids is 1. The Balaban J connectivity index is 1.65. The van der Waals surface area contributed by atoms with Crippen molar-refractivity contribution in [1.29, 1.82) is 0 Å². The summed E-state index contributed by atoms with van der Waals surface area (Å²) in [5, 5.41) is 8.64. The number of hydrogen-bond donors (Lipinski definition) is 1. The molecule has 6 nitrogen and oxygen atoms in total. The van der Waals surface area contributed by atoms with Gasteiger partial charge < -0.3 is 5.11 Å². The van der Waals surface area contributed by atoms with E-state index < -0.39 is 5.97 Å². The van der Waals surface area contributed by atoms with Gasteiger partial charge in [0.05, 0.1) is 27.8 Å². The fourth-order valence-electron chi connectivity index (χ4n) is 2.59. The second kappa shape index (κ2) is 8.37. The number of benzene rings is 1. The summed E-state index contributed by atoms with van der Waals surface area (Å²) in [6.07, 6.45) is 5.58. The number of thiocarbonyl (C=S) groups is 1. The average molecular weight is 387 g/mol. The summed E-state index contributed by atoms with van der Waals surface area (Å²) in [6.45, 7) is 0.505. The van der Waals surface area contributed by atoms with Crippen LogP contribution in [0.25, 0.3) is 17.1 Å². The standard InChI is InChI=1S/C18H17N3O3S2/c22-16(23)8-2-1-5-9-21-17(24)15(26-18(21)25)10-12-11-19-13-6-3-4-7-14(13)20-12/h3-4,6-7,10-11H,1-2,5,8-9H2,(H,22,23). The molecule has 134 valence electrons. The van der Waals surface area contributed by atoms with Gasteiger partial charge in [0.15, 0.2) is 0 Å². The number of fused-ring (bicyclic) bond motifs is 1. The molecule has 0 unspecified atom stereocenters. The molecular weight excluding hydrogens is 370 g/mol. The van der Waals surface area contributed by atoms with Crippen LogP contribution in [0.4, 0.5) is 0 Å². The first-order valence-corrected chi connectivity index (χ1v) is 9.46. The van der Waals surface area contributed by atoms with Crippen LogP contribution in [0.3, 0.4) is 0 Å². The number of para-hydroxylation sites is 2. The van der Waals surface area contributed by atoms with E-state index >= 15 is 0 Å². The van der Waals surface area contributed by atoms with Gasteiger partial charge in [-0.15, -0.1) is 0 Å². The molecule has 0 bridgehead atoms. The van der Waals surface area contributed by atoms with Crippen molar-refractivity contribution in [2.24, 2.45) is 0 Å². The lowest BCUT2D eigenvalue weighted by Crippen LogP contribution is -2.29. The predicted octanol–water partition coefficient (Wildman–Crippen LogP) is 3.48. The molecule has 1 saturated heterocycles. The van der Waals surface area contributed by atoms with E-state index in [9.17, 15) is 9.59 Å². The smallest absolute Gasteiger partial charge is 0.303 e. The first-order valence-electron chi connectivity index (χ1n) is 8.23. The van der Waals surface area contributed by atoms with Crippen LogP contribution in [0.1, 0.15) is 31.4 Å². The van der Waals surface area contributed by atoms with Crippen LogP contribution in [0.15, 0.2) is 35.4 Å². The molecule has 26 heavy (non-hydrogen) atoms. The molecule has 0 aliphatic carbocycles. The zero-order valence-electron chi connectivity index (χ0n) is 13.9. The Morgan fingerprint density at radius 2 is 2.00 bits per heavy atom. The molecule has 0 radical (unpaired) electrons. The molecule has 1 aromatic carbocycles. The van der Waals surface area contributed by atoms with E-state index in [0.29, 0.717) is 27.9 Å². The van der Waals surface area contributed by atoms with Gasteiger partial charge >= 0.3 is 5.97 Å². The van der Waals surface area contributed by atoms with Gasteiger partial charge in [-0.05, 0) is 31.1 Å². The van der Waals surface area contributed by atoms with Gasteiger partial charge in [-0.25, -0.2) is 4.98 Å². The van der Waals surface area contributed by atoms with Gasteiger partial charge in [-0.2, -0.15) is 0 Å². The first-order chi connectivity index (χ1) is 12.5. The third-order valence-corrected chi connectivity index (χ3v) is 5.27. The Bertz CT molecular complexity index is 898. The molecule has 3 rings (SSSR count). The maximum Gasteiger partial charge on any atom is 0.303 e. The van der Waals surface area contributed by atoms with Gasteiger partial charge in [-0.3, -0.25) is 19.5 Å². The van der Waals surface area contributed by atoms with E-state index in [4.69, 9.17) is 17.3 Å². The van der Waals surface area contributed by atoms with E-state index in [1.165, 1.54) is 11.8 Å². The van der Waals surface area contributed by atoms with Crippen LogP contribution in [-0.4, -0.2) is 42.7 Å². The van der Waals surface area contributed by atoms with Crippen LogP contribution in [0.2, 0.25) is 0 Å². The number of carboxylic acid groups (broad SMARTS) is 1. The number of rotatable bonds is 7. The number of carbonyl (C=O) groups is 2. The maximum absolute atomic E-state index is 12.6. The topological polar surface area (TPSA) is 83.4 Å². The molecule has 0 saturated carbocycles. The number of amides is 1. The summed E-state index contributed by atoms with van der Waals surface area (Å²) in [5.41, 5.74) is 2.19. The molecule has 1 fully saturated rings. The van der Waals surface area contributed by atoms with Crippen molar-refractivity contribution in [3.05, 3.63) is 41.1 Å². The molecule has 0 atom stereocenters. The van der Waals surface area contributed by atoms with Gasteiger partial charge in [0.1, 0.15) is 4.32 Å². The van der Waals surface area contributed by atoms with Crippen LogP contribution in [0.5, 0.6) is 0 Å². The van der Waals surface area contributed by atoms with E-state index in [1.807, 2.05) is 24.3 Å². The van der Waals surface area contributed by atoms with Crippen molar-refractivity contribution in [3.63, 3.8) is 0 Å². The second-order valence-corrected chi connectivity index (χ2v) is 7.50. The molecule has 1 aromatic heterocycles. The highest BCUT2D eigenvalue weighted by Crippen LogP contribution is 2.32. The molecule has 2 heterocycles. The normalized spacial score (nSPS) is 16.0. The number of nitrogens with zero attached hydrogens (tertiary/aromatic N) is 3. The summed E-state index contributed by atoms with van der Waals surface area (Å²) in [7, 11) is 0. The van der Waals surface area contributed by atoms with Crippen molar-refractivity contribution in [1.82, 2.24) is 14.9 Å². The SMILES string of the molecule is O=C(O)CCCCCN1C(=O)C(=Cc2cnc3ccccc3n2)SC1=S. The van der Waals surface area contributed by atoms with E-state index in [0.717, 1.165) is 23.9 Å². The number of unbranched alkanes of at least 4 members (excludes halogenated alkanes) is 2. The highest BCUT2D eigenvalue weighted by atomic mass is 32.2. The van der Waals surface area contributed by atoms with E-state index in [1.54, 1.807) is 17.2 Å². The van der Waals surface area contributed by atoms with Gasteiger partial charge in [-0.1, -0.05) is 42.5 Å². The molecule has 1 aliphatic rings. The van der Waals surface area contributed by atoms with Crippen LogP contribution in [-0.2, 0) is 9.59 Å². The van der Waals surface area contributed by atoms with Crippen LogP contribution >= 0.6 is 24.0 Å². The van der Waals surface area contributed by atoms with Crippen molar-refractivity contribution in [3.8, 4) is 0 Å². The van der Waals surface area contributed by atoms with Crippen molar-refractivity contribution in [2.45, 2.75) is 25.7 Å². The minimum Gasteiger partial charge on any atom is -0.481 e. The Kier molecular flexibility index (Phi) is 5.95. The minimum atomic E-state index is -0.796. The summed E-state index contributed by atoms with van der Waals surface area (Å²) < 4.78 is 0.522. The summed E-state index contributed by atoms with van der Waals surface area (Å²) in [5.74, 6) is -0.928. The fourth-order valence-corrected chi connectivity index (χ4v) is 3.88. The zero-order valence-corrected chi connectivity index (χ0v) is 15.6. The third kappa shape index (κ3) is 4.44. The maximum atomic E-state index is 12.6. The molecular formula is C18H17N3O3S2. The summed E-state index contributed by atoms with van der Waals surface area (Å²) >= 11 is 6.56. The van der Waals surface area contributed by atoms with Gasteiger partial charge in [0.25, 0.3) is 5.91 Å². The molecule has 0 spiro atoms. The monoisotopic (exact) mass is 387 g/mol. The number of aromatic nitrogens is 2. The number of thioether (sulfide) groups is 1. The fraction of sp³-hybridized carbons (Fsp3) is 0.278. The summed E-state index contributed by atoms with van der Waals surface area (Å²) in [6, 6.07) is 7.56. The van der Waals surface area contributed by atoms with Gasteiger partial charge in [0, 0.05) is 13.0 Å². The average Bonchev–Trinajstić information content (AvgIpc) is 2.88. The van der Waals surface area contributed by atoms with Crippen LogP contribution in [0, 0.1) is 0 Å². The zero-order chi connectivity index (χ0) is 18.5. The molecule has 2 aromatic rings. The predicted molar refractivity (Wildman–Crippen MR) is 106 cm³/mol. The Hall–Kier alpha value is -2.32. The van der Waals surface area contributed by atoms with E-state index in [-0.39, 0.29) is 12.3 Å². The summed E-state index contributed by atoms with van der Waals surface area (Å²) in [4.78, 5) is 34.0. The lowest BCUT2D eigenvalue weighted by molar-refractivity contribution is -0.137. The number of carboxylic acids is 1. The van der Waals surface area contributed by atoms with Crippen molar-refractivity contribution >= 4 is 57.3 Å². The lowest BCUT2D eigenvalue weighted by atomic mass is 10.2. The minimum absolute atomic E-state index is 0.131. The lowest BCUT2D eigenvalue weighted by Gasteiger charge is -2.13. The Morgan fingerprint density at radius 1 is 1.23 bits per heavy atom. The van der Waals surface area contributed by atoms with Crippen LogP contribution < -0.4 is 0 Å². The van der Waals surface area contributed by atoms with Crippen molar-refractivity contribution in [2.75, 3.05) is 6.54 Å². The number of carbonyl (C=O) groups excluding carboxylic acids is 1. The Morgan fingerprint density at radius 3 is 2.77 bits per heavy atom. The van der Waals surface area contributed by atoms with Crippen molar-refractivity contribution < 1.29 is 14.7 Å².